The Morgan fingerprint density at radius 1 is 1.30 bits per heavy atom. The van der Waals surface area contributed by atoms with Gasteiger partial charge in [0, 0.05) is 18.8 Å². The van der Waals surface area contributed by atoms with Crippen molar-refractivity contribution in [1.29, 1.82) is 0 Å². The summed E-state index contributed by atoms with van der Waals surface area (Å²) >= 11 is 0. The number of rotatable bonds is 8. The maximum Gasteiger partial charge on any atom is 0.0951 e. The van der Waals surface area contributed by atoms with Crippen molar-refractivity contribution in [2.24, 2.45) is 23.5 Å². The van der Waals surface area contributed by atoms with Crippen LogP contribution >= 0.6 is 0 Å². The smallest absolute Gasteiger partial charge is 0.0951 e. The fourth-order valence-corrected chi connectivity index (χ4v) is 3.07. The summed E-state index contributed by atoms with van der Waals surface area (Å²) in [6, 6.07) is 0.882. The summed E-state index contributed by atoms with van der Waals surface area (Å²) in [6.45, 7) is 10.9. The van der Waals surface area contributed by atoms with E-state index in [1.807, 2.05) is 12.5 Å². The van der Waals surface area contributed by atoms with E-state index in [0.29, 0.717) is 30.3 Å². The summed E-state index contributed by atoms with van der Waals surface area (Å²) in [5, 5.41) is 3.67. The van der Waals surface area contributed by atoms with E-state index in [1.165, 1.54) is 18.5 Å². The first-order chi connectivity index (χ1) is 9.54. The monoisotopic (exact) mass is 278 g/mol. The van der Waals surface area contributed by atoms with Crippen molar-refractivity contribution in [2.75, 3.05) is 13.1 Å². The summed E-state index contributed by atoms with van der Waals surface area (Å²) in [4.78, 5) is 4.32. The van der Waals surface area contributed by atoms with Crippen molar-refractivity contribution in [3.8, 4) is 0 Å². The van der Waals surface area contributed by atoms with Crippen LogP contribution in [0, 0.1) is 17.8 Å². The van der Waals surface area contributed by atoms with Crippen LogP contribution in [0.5, 0.6) is 0 Å². The molecule has 1 unspecified atom stereocenters. The van der Waals surface area contributed by atoms with E-state index in [0.717, 1.165) is 6.54 Å². The zero-order valence-corrected chi connectivity index (χ0v) is 13.3. The molecule has 1 aromatic heterocycles. The Morgan fingerprint density at radius 3 is 2.45 bits per heavy atom. The van der Waals surface area contributed by atoms with E-state index in [-0.39, 0.29) is 6.04 Å². The van der Waals surface area contributed by atoms with Gasteiger partial charge in [0.25, 0.3) is 0 Å². The molecule has 1 saturated carbocycles. The van der Waals surface area contributed by atoms with Gasteiger partial charge < -0.3 is 15.6 Å². The second-order valence-electron chi connectivity index (χ2n) is 6.81. The maximum atomic E-state index is 5.99. The standard InChI is InChI=1S/C16H30N4/c1-11(2)14(12(3)4)8-19-15(7-17)16-9-18-10-20(16)13-5-6-13/h9-15,19H,5-8,17H2,1-4H3. The first-order valence-electron chi connectivity index (χ1n) is 7.99. The van der Waals surface area contributed by atoms with Crippen LogP contribution in [0.4, 0.5) is 0 Å². The average Bonchev–Trinajstić information content (AvgIpc) is 3.12. The summed E-state index contributed by atoms with van der Waals surface area (Å²) in [5.74, 6) is 2.06. The molecule has 0 saturated heterocycles. The highest BCUT2D eigenvalue weighted by Crippen LogP contribution is 2.36. The molecule has 114 valence electrons. The lowest BCUT2D eigenvalue weighted by Gasteiger charge is -2.28. The Hall–Kier alpha value is -0.870. The Kier molecular flexibility index (Phi) is 5.22. The third-order valence-corrected chi connectivity index (χ3v) is 4.54. The topological polar surface area (TPSA) is 55.9 Å². The third-order valence-electron chi connectivity index (χ3n) is 4.54. The van der Waals surface area contributed by atoms with Gasteiger partial charge >= 0.3 is 0 Å². The minimum Gasteiger partial charge on any atom is -0.330 e. The van der Waals surface area contributed by atoms with Gasteiger partial charge in [-0.2, -0.15) is 0 Å². The van der Waals surface area contributed by atoms with Gasteiger partial charge in [0.1, 0.15) is 0 Å². The molecule has 0 spiro atoms. The van der Waals surface area contributed by atoms with Crippen LogP contribution in [-0.2, 0) is 0 Å². The average molecular weight is 278 g/mol. The predicted molar refractivity (Wildman–Crippen MR) is 83.5 cm³/mol. The molecule has 20 heavy (non-hydrogen) atoms. The third kappa shape index (κ3) is 3.61. The molecular weight excluding hydrogens is 248 g/mol. The second kappa shape index (κ2) is 6.72. The molecule has 1 heterocycles. The Balaban J connectivity index is 1.99. The van der Waals surface area contributed by atoms with Crippen molar-refractivity contribution in [3.63, 3.8) is 0 Å². The van der Waals surface area contributed by atoms with E-state index in [4.69, 9.17) is 5.73 Å². The number of nitrogens with zero attached hydrogens (tertiary/aromatic N) is 2. The highest BCUT2D eigenvalue weighted by molar-refractivity contribution is 5.09. The molecular formula is C16H30N4. The van der Waals surface area contributed by atoms with E-state index < -0.39 is 0 Å². The van der Waals surface area contributed by atoms with Gasteiger partial charge in [0.2, 0.25) is 0 Å². The Labute approximate surface area is 123 Å². The Bertz CT molecular complexity index is 398. The van der Waals surface area contributed by atoms with Crippen LogP contribution in [0.25, 0.3) is 0 Å². The largest absolute Gasteiger partial charge is 0.330 e. The molecule has 1 aromatic rings. The van der Waals surface area contributed by atoms with Crippen LogP contribution < -0.4 is 11.1 Å². The molecule has 0 amide bonds. The molecule has 0 aromatic carbocycles. The minimum absolute atomic E-state index is 0.220. The van der Waals surface area contributed by atoms with Gasteiger partial charge in [-0.05, 0) is 37.1 Å². The van der Waals surface area contributed by atoms with Gasteiger partial charge in [-0.3, -0.25) is 0 Å². The lowest BCUT2D eigenvalue weighted by molar-refractivity contribution is 0.264. The molecule has 0 bridgehead atoms. The van der Waals surface area contributed by atoms with Crippen molar-refractivity contribution >= 4 is 0 Å². The van der Waals surface area contributed by atoms with Crippen LogP contribution in [0.1, 0.15) is 58.3 Å². The van der Waals surface area contributed by atoms with Gasteiger partial charge in [-0.25, -0.2) is 4.98 Å². The molecule has 3 N–H and O–H groups in total. The van der Waals surface area contributed by atoms with E-state index in [1.54, 1.807) is 0 Å². The molecule has 0 radical (unpaired) electrons. The fourth-order valence-electron chi connectivity index (χ4n) is 3.07. The fraction of sp³-hybridized carbons (Fsp3) is 0.812. The summed E-state index contributed by atoms with van der Waals surface area (Å²) in [5.41, 5.74) is 7.24. The first kappa shape index (κ1) is 15.5. The molecule has 1 aliphatic carbocycles. The number of hydrogen-bond donors (Lipinski definition) is 2. The van der Waals surface area contributed by atoms with Crippen LogP contribution in [0.2, 0.25) is 0 Å². The maximum absolute atomic E-state index is 5.99. The van der Waals surface area contributed by atoms with Crippen molar-refractivity contribution < 1.29 is 0 Å². The van der Waals surface area contributed by atoms with E-state index >= 15 is 0 Å². The van der Waals surface area contributed by atoms with Gasteiger partial charge in [0.15, 0.2) is 0 Å². The van der Waals surface area contributed by atoms with Crippen molar-refractivity contribution in [1.82, 2.24) is 14.9 Å². The Morgan fingerprint density at radius 2 is 1.95 bits per heavy atom. The normalized spacial score (nSPS) is 17.4. The summed E-state index contributed by atoms with van der Waals surface area (Å²) in [7, 11) is 0. The lowest BCUT2D eigenvalue weighted by atomic mass is 9.85. The number of aromatic nitrogens is 2. The number of hydrogen-bond acceptors (Lipinski definition) is 3. The SMILES string of the molecule is CC(C)C(CNC(CN)c1cncn1C1CC1)C(C)C. The molecule has 4 heteroatoms. The first-order valence-corrected chi connectivity index (χ1v) is 7.99. The molecule has 1 aliphatic rings. The number of nitrogens with one attached hydrogen (secondary N) is 1. The van der Waals surface area contributed by atoms with E-state index in [9.17, 15) is 0 Å². The van der Waals surface area contributed by atoms with Gasteiger partial charge in [-0.15, -0.1) is 0 Å². The number of imidazole rings is 1. The number of nitrogens with two attached hydrogens (primary N) is 1. The molecule has 0 aliphatic heterocycles. The van der Waals surface area contributed by atoms with Crippen molar-refractivity contribution in [3.05, 3.63) is 18.2 Å². The minimum atomic E-state index is 0.220. The molecule has 1 fully saturated rings. The summed E-state index contributed by atoms with van der Waals surface area (Å²) < 4.78 is 2.31. The zero-order valence-electron chi connectivity index (χ0n) is 13.3. The highest BCUT2D eigenvalue weighted by Gasteiger charge is 2.28. The lowest BCUT2D eigenvalue weighted by Crippen LogP contribution is -2.36. The van der Waals surface area contributed by atoms with Crippen LogP contribution in [0.3, 0.4) is 0 Å². The van der Waals surface area contributed by atoms with Gasteiger partial charge in [0.05, 0.1) is 18.1 Å². The zero-order chi connectivity index (χ0) is 14.7. The quantitative estimate of drug-likeness (QED) is 0.769. The van der Waals surface area contributed by atoms with Crippen molar-refractivity contribution in [2.45, 2.75) is 52.6 Å². The second-order valence-corrected chi connectivity index (χ2v) is 6.81. The predicted octanol–water partition coefficient (Wildman–Crippen LogP) is 2.74. The summed E-state index contributed by atoms with van der Waals surface area (Å²) in [6.07, 6.45) is 6.49. The van der Waals surface area contributed by atoms with Crippen LogP contribution in [-0.4, -0.2) is 22.6 Å². The molecule has 2 rings (SSSR count). The molecule has 1 atom stereocenters. The molecule has 4 nitrogen and oxygen atoms in total. The van der Waals surface area contributed by atoms with Gasteiger partial charge in [-0.1, -0.05) is 27.7 Å². The highest BCUT2D eigenvalue weighted by atomic mass is 15.1. The van der Waals surface area contributed by atoms with Crippen LogP contribution in [0.15, 0.2) is 12.5 Å². The van der Waals surface area contributed by atoms with E-state index in [2.05, 4.69) is 42.6 Å².